The molecule has 0 spiro atoms. The van der Waals surface area contributed by atoms with Crippen LogP contribution >= 0.6 is 0 Å². The molecule has 0 bridgehead atoms. The molecule has 1 unspecified atom stereocenters. The Bertz CT molecular complexity index is 432. The minimum Gasteiger partial charge on any atom is -0.367 e. The minimum absolute atomic E-state index is 0.0567. The Kier molecular flexibility index (Phi) is 4.08. The zero-order chi connectivity index (χ0) is 14.0. The molecule has 0 radical (unpaired) electrons. The molecule has 112 valence electrons. The predicted octanol–water partition coefficient (Wildman–Crippen LogP) is 2.59. The van der Waals surface area contributed by atoms with Gasteiger partial charge in [0.15, 0.2) is 0 Å². The topological polar surface area (TPSA) is 60.2 Å². The fraction of sp³-hybridized carbons (Fsp3) is 0.867. The lowest BCUT2D eigenvalue weighted by Gasteiger charge is -2.26. The fourth-order valence-electron chi connectivity index (χ4n) is 3.65. The number of rotatable bonds is 4. The maximum Gasteiger partial charge on any atom is 0.232 e. The monoisotopic (exact) mass is 279 g/mol. The van der Waals surface area contributed by atoms with Crippen LogP contribution in [-0.2, 0) is 10.2 Å². The second-order valence-corrected chi connectivity index (χ2v) is 6.61. The summed E-state index contributed by atoms with van der Waals surface area (Å²) in [7, 11) is 0. The van der Waals surface area contributed by atoms with Crippen LogP contribution in [-0.4, -0.2) is 29.8 Å². The average Bonchev–Trinajstić information content (AvgIpc) is 3.08. The highest BCUT2D eigenvalue weighted by Crippen LogP contribution is 2.45. The van der Waals surface area contributed by atoms with Crippen molar-refractivity contribution in [3.8, 4) is 0 Å². The van der Waals surface area contributed by atoms with Crippen LogP contribution in [0.25, 0.3) is 0 Å². The molecule has 1 aromatic heterocycles. The van der Waals surface area contributed by atoms with Crippen molar-refractivity contribution in [1.29, 1.82) is 0 Å². The van der Waals surface area contributed by atoms with Crippen molar-refractivity contribution in [2.75, 3.05) is 19.7 Å². The summed E-state index contributed by atoms with van der Waals surface area (Å²) in [5.41, 5.74) is 0.113. The molecule has 5 heteroatoms. The summed E-state index contributed by atoms with van der Waals surface area (Å²) in [6, 6.07) is 0. The lowest BCUT2D eigenvalue weighted by molar-refractivity contribution is 0.0208. The second kappa shape index (κ2) is 5.82. The van der Waals surface area contributed by atoms with Gasteiger partial charge in [0.25, 0.3) is 0 Å². The first kappa shape index (κ1) is 14.0. The van der Waals surface area contributed by atoms with Crippen LogP contribution in [0.15, 0.2) is 4.52 Å². The lowest BCUT2D eigenvalue weighted by atomic mass is 9.78. The van der Waals surface area contributed by atoms with E-state index < -0.39 is 0 Å². The molecule has 2 heterocycles. The number of hydrogen-bond donors (Lipinski definition) is 1. The van der Waals surface area contributed by atoms with E-state index in [0.717, 1.165) is 25.4 Å². The van der Waals surface area contributed by atoms with E-state index in [9.17, 15) is 0 Å². The van der Waals surface area contributed by atoms with Gasteiger partial charge in [-0.1, -0.05) is 31.8 Å². The molecular formula is C15H25N3O2. The molecule has 1 saturated heterocycles. The molecule has 2 fully saturated rings. The van der Waals surface area contributed by atoms with Crippen LogP contribution in [0.5, 0.6) is 0 Å². The van der Waals surface area contributed by atoms with Crippen LogP contribution in [0.2, 0.25) is 0 Å². The molecule has 1 atom stereocenters. The van der Waals surface area contributed by atoms with Gasteiger partial charge in [-0.15, -0.1) is 0 Å². The van der Waals surface area contributed by atoms with Gasteiger partial charge in [-0.05, 0) is 25.2 Å². The van der Waals surface area contributed by atoms with Gasteiger partial charge < -0.3 is 14.6 Å². The highest BCUT2D eigenvalue weighted by Gasteiger charge is 2.41. The van der Waals surface area contributed by atoms with E-state index in [2.05, 4.69) is 24.3 Å². The first-order valence-corrected chi connectivity index (χ1v) is 7.86. The summed E-state index contributed by atoms with van der Waals surface area (Å²) in [5.74, 6) is 2.20. The Morgan fingerprint density at radius 1 is 1.35 bits per heavy atom. The van der Waals surface area contributed by atoms with Crippen LogP contribution in [0.1, 0.15) is 63.8 Å². The van der Waals surface area contributed by atoms with Gasteiger partial charge in [-0.2, -0.15) is 4.98 Å². The quantitative estimate of drug-likeness (QED) is 0.918. The maximum atomic E-state index is 5.71. The summed E-state index contributed by atoms with van der Waals surface area (Å²) in [6.45, 7) is 6.93. The number of hydrogen-bond acceptors (Lipinski definition) is 5. The molecule has 20 heavy (non-hydrogen) atoms. The normalized spacial score (nSPS) is 26.2. The zero-order valence-electron chi connectivity index (χ0n) is 12.5. The molecule has 5 nitrogen and oxygen atoms in total. The van der Waals surface area contributed by atoms with Gasteiger partial charge in [0.1, 0.15) is 6.10 Å². The third-order valence-corrected chi connectivity index (χ3v) is 4.47. The van der Waals surface area contributed by atoms with Crippen molar-refractivity contribution >= 4 is 0 Å². The van der Waals surface area contributed by atoms with E-state index in [0.29, 0.717) is 18.3 Å². The Balaban J connectivity index is 1.79. The van der Waals surface area contributed by atoms with E-state index in [-0.39, 0.29) is 11.5 Å². The van der Waals surface area contributed by atoms with E-state index in [1.54, 1.807) is 0 Å². The Morgan fingerprint density at radius 3 is 2.80 bits per heavy atom. The van der Waals surface area contributed by atoms with Crippen LogP contribution in [0, 0.1) is 5.92 Å². The van der Waals surface area contributed by atoms with Gasteiger partial charge in [-0.3, -0.25) is 0 Å². The zero-order valence-corrected chi connectivity index (χ0v) is 12.5. The van der Waals surface area contributed by atoms with E-state index in [1.807, 2.05) is 0 Å². The standard InChI is InChI=1S/C15H25N3O2/c1-11(2)9-15(5-3-4-6-15)14-17-13(18-20-14)12-10-16-7-8-19-12/h11-12,16H,3-10H2,1-2H3. The van der Waals surface area contributed by atoms with Gasteiger partial charge in [-0.25, -0.2) is 0 Å². The van der Waals surface area contributed by atoms with Crippen LogP contribution < -0.4 is 5.32 Å². The Morgan fingerprint density at radius 2 is 2.15 bits per heavy atom. The molecular weight excluding hydrogens is 254 g/mol. The number of nitrogens with one attached hydrogen (secondary N) is 1. The molecule has 1 N–H and O–H groups in total. The van der Waals surface area contributed by atoms with Crippen LogP contribution in [0.4, 0.5) is 0 Å². The minimum atomic E-state index is -0.0567. The van der Waals surface area contributed by atoms with Crippen molar-refractivity contribution in [3.05, 3.63) is 11.7 Å². The van der Waals surface area contributed by atoms with Crippen molar-refractivity contribution in [3.63, 3.8) is 0 Å². The molecule has 1 aromatic rings. The molecule has 0 aromatic carbocycles. The molecule has 3 rings (SSSR count). The van der Waals surface area contributed by atoms with Gasteiger partial charge in [0.2, 0.25) is 11.7 Å². The third-order valence-electron chi connectivity index (χ3n) is 4.47. The second-order valence-electron chi connectivity index (χ2n) is 6.61. The average molecular weight is 279 g/mol. The number of ether oxygens (including phenoxy) is 1. The van der Waals surface area contributed by atoms with Gasteiger partial charge >= 0.3 is 0 Å². The summed E-state index contributed by atoms with van der Waals surface area (Å²) < 4.78 is 11.3. The van der Waals surface area contributed by atoms with Crippen molar-refractivity contribution in [2.24, 2.45) is 5.92 Å². The molecule has 1 aliphatic heterocycles. The molecule has 2 aliphatic rings. The lowest BCUT2D eigenvalue weighted by Crippen LogP contribution is -2.34. The number of aromatic nitrogens is 2. The van der Waals surface area contributed by atoms with E-state index in [4.69, 9.17) is 14.2 Å². The summed E-state index contributed by atoms with van der Waals surface area (Å²) in [5, 5.41) is 7.49. The van der Waals surface area contributed by atoms with E-state index >= 15 is 0 Å². The summed E-state index contributed by atoms with van der Waals surface area (Å²) in [6.07, 6.45) is 5.97. The molecule has 1 saturated carbocycles. The Hall–Kier alpha value is -0.940. The van der Waals surface area contributed by atoms with E-state index in [1.165, 1.54) is 25.7 Å². The number of nitrogens with zero attached hydrogens (tertiary/aromatic N) is 2. The first-order chi connectivity index (χ1) is 9.70. The largest absolute Gasteiger partial charge is 0.367 e. The van der Waals surface area contributed by atoms with Crippen molar-refractivity contribution in [1.82, 2.24) is 15.5 Å². The molecule has 0 amide bonds. The van der Waals surface area contributed by atoms with Crippen molar-refractivity contribution in [2.45, 2.75) is 57.5 Å². The van der Waals surface area contributed by atoms with Gasteiger partial charge in [0.05, 0.1) is 6.61 Å². The van der Waals surface area contributed by atoms with Crippen LogP contribution in [0.3, 0.4) is 0 Å². The SMILES string of the molecule is CC(C)CC1(c2nc(C3CNCCO3)no2)CCCC1. The first-order valence-electron chi connectivity index (χ1n) is 7.86. The van der Waals surface area contributed by atoms with Crippen molar-refractivity contribution < 1.29 is 9.26 Å². The number of morpholine rings is 1. The highest BCUT2D eigenvalue weighted by atomic mass is 16.5. The van der Waals surface area contributed by atoms with Gasteiger partial charge in [0, 0.05) is 18.5 Å². The fourth-order valence-corrected chi connectivity index (χ4v) is 3.65. The molecule has 1 aliphatic carbocycles. The Labute approximate surface area is 120 Å². The third kappa shape index (κ3) is 2.74. The predicted molar refractivity (Wildman–Crippen MR) is 75.5 cm³/mol. The summed E-state index contributed by atoms with van der Waals surface area (Å²) in [4.78, 5) is 4.70. The maximum absolute atomic E-state index is 5.71. The summed E-state index contributed by atoms with van der Waals surface area (Å²) >= 11 is 0. The smallest absolute Gasteiger partial charge is 0.232 e. The highest BCUT2D eigenvalue weighted by molar-refractivity contribution is 5.09.